The van der Waals surface area contributed by atoms with Gasteiger partial charge >= 0.3 is 5.97 Å². The first-order valence-corrected chi connectivity index (χ1v) is 10.9. The van der Waals surface area contributed by atoms with E-state index in [9.17, 15) is 13.2 Å². The summed E-state index contributed by atoms with van der Waals surface area (Å²) in [5.41, 5.74) is 6.81. The number of amidine groups is 1. The number of sulfonamides is 1. The van der Waals surface area contributed by atoms with Crippen LogP contribution in [0.3, 0.4) is 0 Å². The largest absolute Gasteiger partial charge is 0.454 e. The van der Waals surface area contributed by atoms with E-state index >= 15 is 0 Å². The molecule has 29 heavy (non-hydrogen) atoms. The monoisotopic (exact) mass is 435 g/mol. The first kappa shape index (κ1) is 19.4. The van der Waals surface area contributed by atoms with Crippen LogP contribution in [0.15, 0.2) is 27.5 Å². The fourth-order valence-electron chi connectivity index (χ4n) is 2.76. The standard InChI is InChI=1S/C16H17N7O4S2/c1-22(2)15-19-12(18-14(17)20-15)8-27-13(24)9-3-4-10-11(7-9)28-16-21-29(25,26)6-5-23(10)16/h3-4,7H,5-6,8H2,1-2H3,(H2,17,18,19,20). The third kappa shape index (κ3) is 3.96. The van der Waals surface area contributed by atoms with Gasteiger partial charge in [0.2, 0.25) is 11.9 Å². The molecular formula is C16H17N7O4S2. The average molecular weight is 435 g/mol. The number of nitrogen functional groups attached to an aromatic ring is 1. The lowest BCUT2D eigenvalue weighted by Crippen LogP contribution is -2.35. The van der Waals surface area contributed by atoms with Gasteiger partial charge in [0.25, 0.3) is 10.0 Å². The molecule has 0 saturated carbocycles. The van der Waals surface area contributed by atoms with E-state index < -0.39 is 16.0 Å². The molecule has 0 spiro atoms. The number of hydrogen-bond acceptors (Lipinski definition) is 11. The van der Waals surface area contributed by atoms with Crippen LogP contribution in [0, 0.1) is 0 Å². The van der Waals surface area contributed by atoms with Crippen LogP contribution in [0.2, 0.25) is 0 Å². The molecule has 0 bridgehead atoms. The molecule has 2 aliphatic rings. The molecule has 4 rings (SSSR count). The Kier molecular flexibility index (Phi) is 4.78. The molecule has 0 atom stereocenters. The van der Waals surface area contributed by atoms with Gasteiger partial charge in [-0.15, -0.1) is 4.40 Å². The molecule has 1 aromatic carbocycles. The van der Waals surface area contributed by atoms with Crippen molar-refractivity contribution in [1.29, 1.82) is 0 Å². The molecular weight excluding hydrogens is 418 g/mol. The number of nitrogens with zero attached hydrogens (tertiary/aromatic N) is 6. The zero-order valence-electron chi connectivity index (χ0n) is 15.6. The Morgan fingerprint density at radius 1 is 1.31 bits per heavy atom. The maximum atomic E-state index is 12.5. The van der Waals surface area contributed by atoms with E-state index in [1.165, 1.54) is 11.8 Å². The summed E-state index contributed by atoms with van der Waals surface area (Å²) in [6, 6.07) is 5.04. The summed E-state index contributed by atoms with van der Waals surface area (Å²) in [4.78, 5) is 28.8. The highest BCUT2D eigenvalue weighted by Gasteiger charge is 2.33. The highest BCUT2D eigenvalue weighted by atomic mass is 32.2. The van der Waals surface area contributed by atoms with Crippen LogP contribution < -0.4 is 15.5 Å². The maximum absolute atomic E-state index is 12.5. The van der Waals surface area contributed by atoms with E-state index in [-0.39, 0.29) is 24.1 Å². The quantitative estimate of drug-likeness (QED) is 0.670. The average Bonchev–Trinajstić information content (AvgIpc) is 3.00. The van der Waals surface area contributed by atoms with Crippen molar-refractivity contribution in [2.75, 3.05) is 41.9 Å². The molecule has 1 aromatic heterocycles. The van der Waals surface area contributed by atoms with Crippen LogP contribution in [0.25, 0.3) is 0 Å². The van der Waals surface area contributed by atoms with Gasteiger partial charge in [0.1, 0.15) is 0 Å². The molecule has 13 heteroatoms. The van der Waals surface area contributed by atoms with Crippen LogP contribution in [-0.2, 0) is 21.4 Å². The van der Waals surface area contributed by atoms with E-state index in [1.54, 1.807) is 37.2 Å². The van der Waals surface area contributed by atoms with Gasteiger partial charge in [-0.3, -0.25) is 0 Å². The summed E-state index contributed by atoms with van der Waals surface area (Å²) >= 11 is 1.21. The Morgan fingerprint density at radius 2 is 2.10 bits per heavy atom. The number of rotatable bonds is 4. The SMILES string of the molecule is CN(C)c1nc(N)nc(COC(=O)c2ccc3c(c2)SC2=NS(=O)(=O)CCN23)n1. The summed E-state index contributed by atoms with van der Waals surface area (Å²) in [5, 5.41) is 0.397. The van der Waals surface area contributed by atoms with Gasteiger partial charge in [0, 0.05) is 25.5 Å². The molecule has 2 aliphatic heterocycles. The molecule has 11 nitrogen and oxygen atoms in total. The van der Waals surface area contributed by atoms with Gasteiger partial charge < -0.3 is 20.3 Å². The number of nitrogens with two attached hydrogens (primary N) is 1. The maximum Gasteiger partial charge on any atom is 0.338 e. The molecule has 0 aliphatic carbocycles. The van der Waals surface area contributed by atoms with E-state index in [0.717, 1.165) is 10.6 Å². The van der Waals surface area contributed by atoms with Crippen molar-refractivity contribution in [3.8, 4) is 0 Å². The van der Waals surface area contributed by atoms with Crippen molar-refractivity contribution in [2.24, 2.45) is 4.40 Å². The van der Waals surface area contributed by atoms with Gasteiger partial charge in [0.05, 0.1) is 17.0 Å². The molecule has 2 aromatic rings. The minimum Gasteiger partial charge on any atom is -0.454 e. The highest BCUT2D eigenvalue weighted by molar-refractivity contribution is 8.15. The Balaban J connectivity index is 1.49. The molecule has 0 amide bonds. The number of esters is 1. The lowest BCUT2D eigenvalue weighted by Gasteiger charge is -2.22. The highest BCUT2D eigenvalue weighted by Crippen LogP contribution is 2.42. The van der Waals surface area contributed by atoms with Gasteiger partial charge in [-0.05, 0) is 30.0 Å². The predicted molar refractivity (Wildman–Crippen MR) is 109 cm³/mol. The van der Waals surface area contributed by atoms with E-state index in [2.05, 4.69) is 19.3 Å². The van der Waals surface area contributed by atoms with Gasteiger partial charge in [-0.2, -0.15) is 15.0 Å². The van der Waals surface area contributed by atoms with Crippen molar-refractivity contribution in [3.63, 3.8) is 0 Å². The first-order valence-electron chi connectivity index (χ1n) is 8.49. The van der Waals surface area contributed by atoms with Crippen LogP contribution >= 0.6 is 11.8 Å². The third-order valence-corrected chi connectivity index (χ3v) is 6.43. The van der Waals surface area contributed by atoms with E-state index in [0.29, 0.717) is 23.2 Å². The molecule has 0 unspecified atom stereocenters. The van der Waals surface area contributed by atoms with Crippen LogP contribution in [0.1, 0.15) is 16.2 Å². The Labute approximate surface area is 171 Å². The Hall–Kier alpha value is -2.93. The second-order valence-electron chi connectivity index (χ2n) is 6.48. The van der Waals surface area contributed by atoms with Gasteiger partial charge in [-0.1, -0.05) is 0 Å². The van der Waals surface area contributed by atoms with E-state index in [4.69, 9.17) is 10.5 Å². The second kappa shape index (κ2) is 7.15. The van der Waals surface area contributed by atoms with Crippen molar-refractivity contribution in [3.05, 3.63) is 29.6 Å². The number of carbonyl (C=O) groups is 1. The third-order valence-electron chi connectivity index (χ3n) is 4.13. The van der Waals surface area contributed by atoms with Crippen LogP contribution in [0.5, 0.6) is 0 Å². The molecule has 152 valence electrons. The number of hydrogen-bond donors (Lipinski definition) is 1. The minimum absolute atomic E-state index is 0.0374. The van der Waals surface area contributed by atoms with Crippen molar-refractivity contribution < 1.29 is 17.9 Å². The summed E-state index contributed by atoms with van der Waals surface area (Å²) in [5.74, 6) is 0.0468. The number of aromatic nitrogens is 3. The number of fused-ring (bicyclic) bond motifs is 3. The van der Waals surface area contributed by atoms with Crippen molar-refractivity contribution in [2.45, 2.75) is 11.5 Å². The topological polar surface area (TPSA) is 144 Å². The smallest absolute Gasteiger partial charge is 0.338 e. The minimum atomic E-state index is -3.43. The lowest BCUT2D eigenvalue weighted by atomic mass is 10.2. The van der Waals surface area contributed by atoms with Crippen LogP contribution in [-0.4, -0.2) is 60.9 Å². The zero-order valence-corrected chi connectivity index (χ0v) is 17.2. The summed E-state index contributed by atoms with van der Waals surface area (Å²) in [6.45, 7) is 0.174. The summed E-state index contributed by atoms with van der Waals surface area (Å²) < 4.78 is 32.5. The first-order chi connectivity index (χ1) is 13.7. The summed E-state index contributed by atoms with van der Waals surface area (Å²) in [7, 11) is 0.0872. The molecule has 2 N–H and O–H groups in total. The summed E-state index contributed by atoms with van der Waals surface area (Å²) in [6.07, 6.45) is 0. The van der Waals surface area contributed by atoms with Crippen molar-refractivity contribution >= 4 is 50.5 Å². The van der Waals surface area contributed by atoms with Gasteiger partial charge in [0.15, 0.2) is 17.6 Å². The van der Waals surface area contributed by atoms with Crippen molar-refractivity contribution in [1.82, 2.24) is 15.0 Å². The fourth-order valence-corrected chi connectivity index (χ4v) is 5.06. The molecule has 0 radical (unpaired) electrons. The number of benzene rings is 1. The number of ether oxygens (including phenoxy) is 1. The lowest BCUT2D eigenvalue weighted by molar-refractivity contribution is 0.0462. The molecule has 0 saturated heterocycles. The predicted octanol–water partition coefficient (Wildman–Crippen LogP) is 0.488. The van der Waals surface area contributed by atoms with Crippen LogP contribution in [0.4, 0.5) is 17.6 Å². The number of anilines is 3. The number of carbonyl (C=O) groups excluding carboxylic acids is 1. The fraction of sp³-hybridized carbons (Fsp3) is 0.312. The van der Waals surface area contributed by atoms with E-state index in [1.807, 2.05) is 4.90 Å². The molecule has 3 heterocycles. The second-order valence-corrected chi connectivity index (χ2v) is 9.24. The Morgan fingerprint density at radius 3 is 2.86 bits per heavy atom. The normalized spacial score (nSPS) is 16.6. The Bertz CT molecular complexity index is 1130. The number of thioether (sulfide) groups is 1. The zero-order chi connectivity index (χ0) is 20.8. The van der Waals surface area contributed by atoms with Gasteiger partial charge in [-0.25, -0.2) is 13.2 Å². The molecule has 0 fully saturated rings.